The molecule has 21 heavy (non-hydrogen) atoms. The van der Waals surface area contributed by atoms with Crippen LogP contribution in [0.3, 0.4) is 0 Å². The molecule has 0 radical (unpaired) electrons. The first-order chi connectivity index (χ1) is 10.2. The highest BCUT2D eigenvalue weighted by Crippen LogP contribution is 2.48. The molecule has 110 valence electrons. The number of benzene rings is 1. The number of aromatic nitrogens is 3. The molecule has 3 rings (SSSR count). The number of hydrogen-bond acceptors (Lipinski definition) is 3. The fourth-order valence-corrected chi connectivity index (χ4v) is 2.78. The second-order valence-corrected chi connectivity index (χ2v) is 6.30. The lowest BCUT2D eigenvalue weighted by Crippen LogP contribution is -2.35. The van der Waals surface area contributed by atoms with Gasteiger partial charge in [-0.25, -0.2) is 4.98 Å². The molecule has 0 unspecified atom stereocenters. The van der Waals surface area contributed by atoms with Crippen molar-refractivity contribution in [2.75, 3.05) is 6.54 Å². The van der Waals surface area contributed by atoms with Crippen LogP contribution in [0, 0.1) is 0 Å². The molecule has 1 amide bonds. The summed E-state index contributed by atoms with van der Waals surface area (Å²) in [6.45, 7) is 0.664. The lowest BCUT2D eigenvalue weighted by molar-refractivity contribution is -0.123. The zero-order valence-corrected chi connectivity index (χ0v) is 13.2. The van der Waals surface area contributed by atoms with Gasteiger partial charge in [0.15, 0.2) is 0 Å². The first-order valence-corrected chi connectivity index (χ1v) is 7.89. The molecule has 5 nitrogen and oxygen atoms in total. The molecule has 0 spiro atoms. The van der Waals surface area contributed by atoms with Crippen molar-refractivity contribution in [3.63, 3.8) is 0 Å². The van der Waals surface area contributed by atoms with Crippen LogP contribution in [-0.2, 0) is 16.6 Å². The van der Waals surface area contributed by atoms with E-state index in [1.807, 2.05) is 24.3 Å². The van der Waals surface area contributed by atoms with Gasteiger partial charge in [-0.1, -0.05) is 28.1 Å². The molecule has 0 aliphatic heterocycles. The number of amides is 1. The summed E-state index contributed by atoms with van der Waals surface area (Å²) in [5.41, 5.74) is 0.811. The molecule has 1 fully saturated rings. The van der Waals surface area contributed by atoms with Crippen molar-refractivity contribution in [2.45, 2.75) is 31.1 Å². The molecule has 1 heterocycles. The van der Waals surface area contributed by atoms with E-state index < -0.39 is 0 Å². The second-order valence-electron chi connectivity index (χ2n) is 5.38. The van der Waals surface area contributed by atoms with Crippen molar-refractivity contribution in [3.8, 4) is 0 Å². The van der Waals surface area contributed by atoms with Gasteiger partial charge in [-0.15, -0.1) is 0 Å². The van der Waals surface area contributed by atoms with E-state index in [0.717, 1.165) is 41.5 Å². The van der Waals surface area contributed by atoms with Gasteiger partial charge in [0.05, 0.1) is 5.41 Å². The van der Waals surface area contributed by atoms with Crippen LogP contribution in [0.4, 0.5) is 0 Å². The number of carbonyl (C=O) groups is 1. The third-order valence-electron chi connectivity index (χ3n) is 3.92. The highest BCUT2D eigenvalue weighted by Gasteiger charge is 2.50. The topological polar surface area (TPSA) is 70.7 Å². The van der Waals surface area contributed by atoms with Crippen molar-refractivity contribution < 1.29 is 4.79 Å². The van der Waals surface area contributed by atoms with E-state index >= 15 is 0 Å². The van der Waals surface area contributed by atoms with Crippen LogP contribution in [0.5, 0.6) is 0 Å². The lowest BCUT2D eigenvalue weighted by Gasteiger charge is -2.15. The number of rotatable bonds is 6. The molecule has 1 aromatic heterocycles. The summed E-state index contributed by atoms with van der Waals surface area (Å²) in [4.78, 5) is 16.5. The average molecular weight is 349 g/mol. The van der Waals surface area contributed by atoms with Gasteiger partial charge in [0.2, 0.25) is 5.91 Å². The standard InChI is InChI=1S/C15H17BrN4O/c16-12-5-3-11(4-6-12)15(7-8-15)14(21)17-9-1-2-13-18-10-19-20-13/h3-6,10H,1-2,7-9H2,(H,17,21)(H,18,19,20). The minimum Gasteiger partial charge on any atom is -0.355 e. The third-order valence-corrected chi connectivity index (χ3v) is 4.45. The normalized spacial score (nSPS) is 15.7. The molecular weight excluding hydrogens is 332 g/mol. The molecule has 1 aliphatic rings. The van der Waals surface area contributed by atoms with Crippen molar-refractivity contribution in [3.05, 3.63) is 46.5 Å². The van der Waals surface area contributed by atoms with Gasteiger partial charge in [0.25, 0.3) is 0 Å². The molecular formula is C15H17BrN4O. The van der Waals surface area contributed by atoms with Gasteiger partial charge in [0.1, 0.15) is 12.2 Å². The fraction of sp³-hybridized carbons (Fsp3) is 0.400. The number of aromatic amines is 1. The molecule has 2 N–H and O–H groups in total. The van der Waals surface area contributed by atoms with E-state index in [1.54, 1.807) is 0 Å². The third kappa shape index (κ3) is 3.15. The minimum absolute atomic E-state index is 0.141. The Morgan fingerprint density at radius 1 is 1.33 bits per heavy atom. The minimum atomic E-state index is -0.299. The van der Waals surface area contributed by atoms with Crippen LogP contribution in [0.25, 0.3) is 0 Å². The maximum atomic E-state index is 12.4. The summed E-state index contributed by atoms with van der Waals surface area (Å²) in [6.07, 6.45) is 5.02. The molecule has 1 aliphatic carbocycles. The number of hydrogen-bond donors (Lipinski definition) is 2. The van der Waals surface area contributed by atoms with Crippen molar-refractivity contribution in [2.24, 2.45) is 0 Å². The Morgan fingerprint density at radius 3 is 2.71 bits per heavy atom. The van der Waals surface area contributed by atoms with Gasteiger partial charge in [-0.2, -0.15) is 5.10 Å². The highest BCUT2D eigenvalue weighted by atomic mass is 79.9. The summed E-state index contributed by atoms with van der Waals surface area (Å²) >= 11 is 3.43. The largest absolute Gasteiger partial charge is 0.355 e. The quantitative estimate of drug-likeness (QED) is 0.787. The molecule has 0 saturated heterocycles. The van der Waals surface area contributed by atoms with Crippen LogP contribution < -0.4 is 5.32 Å². The van der Waals surface area contributed by atoms with Crippen LogP contribution >= 0.6 is 15.9 Å². The Labute approximate surface area is 131 Å². The number of halogens is 1. The summed E-state index contributed by atoms with van der Waals surface area (Å²) in [5.74, 6) is 1.00. The number of H-pyrrole nitrogens is 1. The van der Waals surface area contributed by atoms with Crippen LogP contribution in [-0.4, -0.2) is 27.6 Å². The predicted octanol–water partition coefficient (Wildman–Crippen LogP) is 2.35. The summed E-state index contributed by atoms with van der Waals surface area (Å²) in [7, 11) is 0. The van der Waals surface area contributed by atoms with Gasteiger partial charge < -0.3 is 5.32 Å². The maximum Gasteiger partial charge on any atom is 0.230 e. The summed E-state index contributed by atoms with van der Waals surface area (Å²) in [5, 5.41) is 9.67. The number of carbonyl (C=O) groups excluding carboxylic acids is 1. The van der Waals surface area contributed by atoms with Gasteiger partial charge in [-0.3, -0.25) is 9.89 Å². The van der Waals surface area contributed by atoms with E-state index in [-0.39, 0.29) is 11.3 Å². The Morgan fingerprint density at radius 2 is 2.10 bits per heavy atom. The van der Waals surface area contributed by atoms with Gasteiger partial charge in [-0.05, 0) is 37.0 Å². The SMILES string of the molecule is O=C(NCCCc1ncn[nH]1)C1(c2ccc(Br)cc2)CC1. The van der Waals surface area contributed by atoms with Crippen molar-refractivity contribution in [1.29, 1.82) is 0 Å². The Hall–Kier alpha value is -1.69. The van der Waals surface area contributed by atoms with E-state index in [2.05, 4.69) is 36.4 Å². The molecule has 0 bridgehead atoms. The average Bonchev–Trinajstić information content (AvgIpc) is 3.14. The van der Waals surface area contributed by atoms with Crippen molar-refractivity contribution in [1.82, 2.24) is 20.5 Å². The van der Waals surface area contributed by atoms with E-state index in [9.17, 15) is 4.79 Å². The number of nitrogens with zero attached hydrogens (tertiary/aromatic N) is 2. The zero-order chi connectivity index (χ0) is 14.7. The smallest absolute Gasteiger partial charge is 0.230 e. The maximum absolute atomic E-state index is 12.4. The molecule has 2 aromatic rings. The van der Waals surface area contributed by atoms with E-state index in [0.29, 0.717) is 6.54 Å². The monoisotopic (exact) mass is 348 g/mol. The Kier molecular flexibility index (Phi) is 4.05. The molecule has 0 atom stereocenters. The van der Waals surface area contributed by atoms with Crippen LogP contribution in [0.1, 0.15) is 30.7 Å². The molecule has 1 aromatic carbocycles. The fourth-order valence-electron chi connectivity index (χ4n) is 2.52. The molecule has 6 heteroatoms. The second kappa shape index (κ2) is 5.97. The number of nitrogens with one attached hydrogen (secondary N) is 2. The predicted molar refractivity (Wildman–Crippen MR) is 82.8 cm³/mol. The van der Waals surface area contributed by atoms with Crippen molar-refractivity contribution >= 4 is 21.8 Å². The summed E-state index contributed by atoms with van der Waals surface area (Å²) in [6, 6.07) is 8.05. The van der Waals surface area contributed by atoms with Gasteiger partial charge >= 0.3 is 0 Å². The Bertz CT molecular complexity index is 605. The van der Waals surface area contributed by atoms with Crippen LogP contribution in [0.15, 0.2) is 35.1 Å². The lowest BCUT2D eigenvalue weighted by atomic mass is 9.95. The molecule has 1 saturated carbocycles. The first-order valence-electron chi connectivity index (χ1n) is 7.09. The zero-order valence-electron chi connectivity index (χ0n) is 11.6. The van der Waals surface area contributed by atoms with E-state index in [4.69, 9.17) is 0 Å². The van der Waals surface area contributed by atoms with Gasteiger partial charge in [0, 0.05) is 17.4 Å². The summed E-state index contributed by atoms with van der Waals surface area (Å²) < 4.78 is 1.04. The number of aryl methyl sites for hydroxylation is 1. The Balaban J connectivity index is 1.52. The van der Waals surface area contributed by atoms with Crippen LogP contribution in [0.2, 0.25) is 0 Å². The van der Waals surface area contributed by atoms with E-state index in [1.165, 1.54) is 6.33 Å². The highest BCUT2D eigenvalue weighted by molar-refractivity contribution is 9.10. The first kappa shape index (κ1) is 14.3.